The van der Waals surface area contributed by atoms with Gasteiger partial charge < -0.3 is 9.22 Å². The quantitative estimate of drug-likeness (QED) is 0.292. The summed E-state index contributed by atoms with van der Waals surface area (Å²) in [6, 6.07) is 0.203. The summed E-state index contributed by atoms with van der Waals surface area (Å²) in [6.45, 7) is 0. The molecule has 0 aromatic carbocycles. The first-order chi connectivity index (χ1) is 6.02. The minimum absolute atomic E-state index is 0.203. The summed E-state index contributed by atoms with van der Waals surface area (Å²) in [7, 11) is 6.17. The highest BCUT2D eigenvalue weighted by Crippen LogP contribution is 2.28. The first-order valence-corrected chi connectivity index (χ1v) is 4.69. The molecule has 0 saturated carbocycles. The van der Waals surface area contributed by atoms with Crippen molar-refractivity contribution in [1.29, 1.82) is 0 Å². The molecule has 1 heterocycles. The maximum atomic E-state index is 5.73. The minimum Gasteiger partial charge on any atom is -0.328 e. The highest BCUT2D eigenvalue weighted by Gasteiger charge is 2.46. The fraction of sp³-hybridized carbons (Fsp3) is 1.00. The topological polar surface area (TPSA) is 113 Å². The molecule has 1 aliphatic heterocycles. The monoisotopic (exact) mass is 204 g/mol. The molecule has 0 aromatic heterocycles. The molecule has 0 aromatic rings. The van der Waals surface area contributed by atoms with Crippen LogP contribution >= 0.6 is 0 Å². The van der Waals surface area contributed by atoms with Gasteiger partial charge in [0, 0.05) is 0 Å². The molecule has 0 spiro atoms. The largest absolute Gasteiger partial charge is 0.328 e. The second-order valence-electron chi connectivity index (χ2n) is 5.19. The number of nitrogens with two attached hydrogens (primary N) is 4. The van der Waals surface area contributed by atoms with E-state index in [1.807, 2.05) is 0 Å². The molecule has 6 heteroatoms. The Kier molecular flexibility index (Phi) is 2.64. The van der Waals surface area contributed by atoms with Gasteiger partial charge in [0.1, 0.15) is 0 Å². The van der Waals surface area contributed by atoms with Crippen LogP contribution in [0.1, 0.15) is 12.8 Å². The van der Waals surface area contributed by atoms with Crippen molar-refractivity contribution in [2.45, 2.75) is 30.6 Å². The van der Waals surface area contributed by atoms with Crippen LogP contribution in [0.15, 0.2) is 0 Å². The third-order valence-corrected chi connectivity index (χ3v) is 2.58. The van der Waals surface area contributed by atoms with Crippen LogP contribution in [0.3, 0.4) is 0 Å². The summed E-state index contributed by atoms with van der Waals surface area (Å²) in [5.74, 6) is -2.45. The van der Waals surface area contributed by atoms with E-state index in [4.69, 9.17) is 27.7 Å². The van der Waals surface area contributed by atoms with E-state index in [2.05, 4.69) is 21.1 Å². The Morgan fingerprint density at radius 1 is 1.00 bits per heavy atom. The van der Waals surface area contributed by atoms with Crippen LogP contribution in [0.25, 0.3) is 0 Å². The Labute approximate surface area is 84.7 Å². The van der Waals surface area contributed by atoms with Gasteiger partial charge in [-0.15, -0.1) is 0 Å². The third-order valence-electron chi connectivity index (χ3n) is 2.58. The van der Waals surface area contributed by atoms with E-state index in [-0.39, 0.29) is 6.04 Å². The lowest BCUT2D eigenvalue weighted by atomic mass is 9.97. The summed E-state index contributed by atoms with van der Waals surface area (Å²) in [5.41, 5.74) is 22.9. The molecule has 0 aliphatic carbocycles. The Balaban J connectivity index is 2.82. The van der Waals surface area contributed by atoms with Crippen molar-refractivity contribution in [2.24, 2.45) is 22.9 Å². The van der Waals surface area contributed by atoms with E-state index in [1.54, 1.807) is 0 Å². The van der Waals surface area contributed by atoms with E-state index in [1.165, 1.54) is 0 Å². The zero-order valence-corrected chi connectivity index (χ0v) is 9.16. The van der Waals surface area contributed by atoms with Crippen LogP contribution in [-0.4, -0.2) is 43.4 Å². The molecule has 0 amide bonds. The van der Waals surface area contributed by atoms with Gasteiger partial charge in [-0.1, -0.05) is 0 Å². The zero-order chi connectivity index (χ0) is 11.2. The van der Waals surface area contributed by atoms with Gasteiger partial charge in [0.2, 0.25) is 0 Å². The number of rotatable bonds is 1. The molecule has 1 aliphatic rings. The summed E-state index contributed by atoms with van der Waals surface area (Å²) < 4.78 is 5.91. The van der Waals surface area contributed by atoms with Crippen LogP contribution in [0.2, 0.25) is 0 Å². The lowest BCUT2D eigenvalue weighted by molar-refractivity contribution is -0.900. The summed E-state index contributed by atoms with van der Waals surface area (Å²) in [6.07, 6.45) is 1.10. The molecule has 0 unspecified atom stereocenters. The van der Waals surface area contributed by atoms with Crippen LogP contribution in [0.4, 0.5) is 0 Å². The number of nitrogens with zero attached hydrogens (tertiary/aromatic N) is 1. The number of hydrogen-bond donors (Lipinski definition) is 4. The molecule has 1 rings (SSSR count). The van der Waals surface area contributed by atoms with Gasteiger partial charge in [-0.05, 0) is 0 Å². The minimum atomic E-state index is -1.22. The Hall–Kier alpha value is -0.240. The van der Waals surface area contributed by atoms with Crippen LogP contribution in [0, 0.1) is 0 Å². The average Bonchev–Trinajstić information content (AvgIpc) is 1.76. The smallest absolute Gasteiger partial charge is 0.179 e. The second-order valence-corrected chi connectivity index (χ2v) is 5.19. The lowest BCUT2D eigenvalue weighted by Gasteiger charge is -2.47. The van der Waals surface area contributed by atoms with Gasteiger partial charge in [0.05, 0.1) is 40.0 Å². The van der Waals surface area contributed by atoms with E-state index < -0.39 is 11.7 Å². The van der Waals surface area contributed by atoms with Crippen molar-refractivity contribution in [3.8, 4) is 0 Å². The molecule has 84 valence electrons. The van der Waals surface area contributed by atoms with Gasteiger partial charge in [-0.25, -0.2) is 0 Å². The fourth-order valence-corrected chi connectivity index (χ4v) is 1.79. The average molecular weight is 204 g/mol. The first kappa shape index (κ1) is 11.8. The van der Waals surface area contributed by atoms with Gasteiger partial charge in [-0.2, -0.15) is 0 Å². The van der Waals surface area contributed by atoms with Crippen molar-refractivity contribution >= 4 is 0 Å². The van der Waals surface area contributed by atoms with Gasteiger partial charge in [-0.3, -0.25) is 22.9 Å². The molecular weight excluding hydrogens is 182 g/mol. The predicted molar refractivity (Wildman–Crippen MR) is 54.4 cm³/mol. The summed E-state index contributed by atoms with van der Waals surface area (Å²) >= 11 is 0. The highest BCUT2D eigenvalue weighted by molar-refractivity contribution is 4.85. The Morgan fingerprint density at radius 2 is 1.36 bits per heavy atom. The predicted octanol–water partition coefficient (Wildman–Crippen LogP) is -1.99. The number of hydrogen-bond acceptors (Lipinski definition) is 5. The summed E-state index contributed by atoms with van der Waals surface area (Å²) in [4.78, 5) is 0. The molecule has 0 radical (unpaired) electrons. The SMILES string of the molecule is C[N+](C)(C)C1CC(N)(N)OC(N)(N)C1. The third kappa shape index (κ3) is 2.88. The van der Waals surface area contributed by atoms with Crippen LogP contribution in [-0.2, 0) is 4.74 Å². The molecule has 6 nitrogen and oxygen atoms in total. The molecule has 1 saturated heterocycles. The maximum Gasteiger partial charge on any atom is 0.179 e. The fourth-order valence-electron chi connectivity index (χ4n) is 1.79. The molecular formula is C8H22N5O+. The molecule has 0 atom stereocenters. The van der Waals surface area contributed by atoms with Crippen LogP contribution < -0.4 is 22.9 Å². The van der Waals surface area contributed by atoms with E-state index >= 15 is 0 Å². The summed E-state index contributed by atoms with van der Waals surface area (Å²) in [5, 5.41) is 0. The molecule has 8 N–H and O–H groups in total. The Morgan fingerprint density at radius 3 is 1.64 bits per heavy atom. The van der Waals surface area contributed by atoms with Gasteiger partial charge in [0.15, 0.2) is 11.7 Å². The highest BCUT2D eigenvalue weighted by atomic mass is 16.6. The Bertz CT molecular complexity index is 204. The molecule has 0 bridgehead atoms. The van der Waals surface area contributed by atoms with Crippen molar-refractivity contribution in [3.63, 3.8) is 0 Å². The van der Waals surface area contributed by atoms with Gasteiger partial charge >= 0.3 is 0 Å². The number of quaternary nitrogens is 1. The normalized spacial score (nSPS) is 27.6. The molecule has 1 fully saturated rings. The first-order valence-electron chi connectivity index (χ1n) is 4.69. The van der Waals surface area contributed by atoms with E-state index in [0.29, 0.717) is 12.8 Å². The van der Waals surface area contributed by atoms with Crippen LogP contribution in [0.5, 0.6) is 0 Å². The van der Waals surface area contributed by atoms with E-state index in [0.717, 1.165) is 4.48 Å². The van der Waals surface area contributed by atoms with Gasteiger partial charge in [0.25, 0.3) is 0 Å². The van der Waals surface area contributed by atoms with Crippen molar-refractivity contribution in [1.82, 2.24) is 0 Å². The van der Waals surface area contributed by atoms with Crippen molar-refractivity contribution in [2.75, 3.05) is 21.1 Å². The number of ether oxygens (including phenoxy) is 1. The van der Waals surface area contributed by atoms with E-state index in [9.17, 15) is 0 Å². The second kappa shape index (κ2) is 3.13. The maximum absolute atomic E-state index is 5.73. The molecule has 14 heavy (non-hydrogen) atoms. The standard InChI is InChI=1S/C8H22N5O/c1-13(2,3)6-4-7(9,10)14-8(11,12)5-6/h6H,4-5,9-12H2,1-3H3/q+1. The lowest BCUT2D eigenvalue weighted by Crippen LogP contribution is -2.72. The van der Waals surface area contributed by atoms with Crippen molar-refractivity contribution in [3.05, 3.63) is 0 Å². The van der Waals surface area contributed by atoms with Crippen molar-refractivity contribution < 1.29 is 9.22 Å². The zero-order valence-electron chi connectivity index (χ0n) is 9.16.